The first-order valence-electron chi connectivity index (χ1n) is 7.63. The Balaban J connectivity index is 2.05. The van der Waals surface area contributed by atoms with E-state index in [1.54, 1.807) is 0 Å². The zero-order valence-electron chi connectivity index (χ0n) is 13.9. The maximum absolute atomic E-state index is 12.1. The number of hydrogen-bond donors (Lipinski definition) is 2. The van der Waals surface area contributed by atoms with Gasteiger partial charge in [-0.25, -0.2) is 0 Å². The zero-order valence-corrected chi connectivity index (χ0v) is 13.9. The maximum atomic E-state index is 12.1. The quantitative estimate of drug-likeness (QED) is 0.853. The van der Waals surface area contributed by atoms with Crippen molar-refractivity contribution in [2.75, 3.05) is 5.32 Å². The number of carbonyl (C=O) groups excluding carboxylic acids is 2. The molecule has 0 bridgehead atoms. The van der Waals surface area contributed by atoms with Crippen LogP contribution >= 0.6 is 0 Å². The number of amides is 2. The summed E-state index contributed by atoms with van der Waals surface area (Å²) >= 11 is 0. The number of rotatable bonds is 3. The fourth-order valence-electron chi connectivity index (χ4n) is 2.63. The smallest absolute Gasteiger partial charge is 0.313 e. The van der Waals surface area contributed by atoms with Gasteiger partial charge in [0.2, 0.25) is 0 Å². The molecule has 4 heteroatoms. The number of hydrogen-bond acceptors (Lipinski definition) is 2. The minimum absolute atomic E-state index is 0.227. The Labute approximate surface area is 136 Å². The predicted molar refractivity (Wildman–Crippen MR) is 92.3 cm³/mol. The van der Waals surface area contributed by atoms with Crippen molar-refractivity contribution >= 4 is 17.5 Å². The molecule has 0 spiro atoms. The van der Waals surface area contributed by atoms with Gasteiger partial charge in [0.25, 0.3) is 0 Å². The Morgan fingerprint density at radius 2 is 1.48 bits per heavy atom. The molecule has 2 rings (SSSR count). The number of anilines is 1. The van der Waals surface area contributed by atoms with Crippen LogP contribution in [0.4, 0.5) is 5.69 Å². The second-order valence-electron chi connectivity index (χ2n) is 5.83. The standard InChI is InChI=1S/C19H22N2O2/c1-12-10-13(2)17(14(3)11-12)21-19(23)18(22)20-15(4)16-8-6-5-7-9-16/h5-11,15H,1-4H3,(H,20,22)(H,21,23)/t15-/m0/s1. The van der Waals surface area contributed by atoms with Crippen LogP contribution in [0.2, 0.25) is 0 Å². The molecule has 120 valence electrons. The molecular formula is C19H22N2O2. The van der Waals surface area contributed by atoms with E-state index in [1.165, 1.54) is 0 Å². The van der Waals surface area contributed by atoms with Crippen LogP contribution in [0.1, 0.15) is 35.2 Å². The second kappa shape index (κ2) is 7.09. The molecule has 0 fully saturated rings. The summed E-state index contributed by atoms with van der Waals surface area (Å²) in [7, 11) is 0. The average Bonchev–Trinajstić information content (AvgIpc) is 2.51. The molecule has 0 unspecified atom stereocenters. The van der Waals surface area contributed by atoms with Gasteiger partial charge in [-0.15, -0.1) is 0 Å². The Bertz CT molecular complexity index is 700. The van der Waals surface area contributed by atoms with E-state index in [1.807, 2.05) is 70.2 Å². The molecule has 0 aliphatic carbocycles. The van der Waals surface area contributed by atoms with Crippen LogP contribution in [-0.2, 0) is 9.59 Å². The fraction of sp³-hybridized carbons (Fsp3) is 0.263. The fourth-order valence-corrected chi connectivity index (χ4v) is 2.63. The van der Waals surface area contributed by atoms with Gasteiger partial charge in [-0.05, 0) is 44.4 Å². The summed E-state index contributed by atoms with van der Waals surface area (Å²) in [5.41, 5.74) is 4.67. The second-order valence-corrected chi connectivity index (χ2v) is 5.83. The van der Waals surface area contributed by atoms with E-state index in [0.29, 0.717) is 5.69 Å². The van der Waals surface area contributed by atoms with E-state index >= 15 is 0 Å². The summed E-state index contributed by atoms with van der Waals surface area (Å²) in [6, 6.07) is 13.3. The van der Waals surface area contributed by atoms with Gasteiger partial charge in [0.05, 0.1) is 6.04 Å². The topological polar surface area (TPSA) is 58.2 Å². The van der Waals surface area contributed by atoms with E-state index in [0.717, 1.165) is 22.3 Å². The highest BCUT2D eigenvalue weighted by atomic mass is 16.2. The molecule has 2 amide bonds. The van der Waals surface area contributed by atoms with E-state index in [9.17, 15) is 9.59 Å². The predicted octanol–water partition coefficient (Wildman–Crippen LogP) is 3.43. The number of aryl methyl sites for hydroxylation is 3. The molecule has 23 heavy (non-hydrogen) atoms. The Morgan fingerprint density at radius 3 is 2.04 bits per heavy atom. The third kappa shape index (κ3) is 4.19. The van der Waals surface area contributed by atoms with Gasteiger partial charge in [-0.1, -0.05) is 48.0 Å². The van der Waals surface area contributed by atoms with Gasteiger partial charge in [-0.3, -0.25) is 9.59 Å². The van der Waals surface area contributed by atoms with Crippen LogP contribution in [0.3, 0.4) is 0 Å². The highest BCUT2D eigenvalue weighted by Gasteiger charge is 2.18. The molecule has 0 saturated heterocycles. The summed E-state index contributed by atoms with van der Waals surface area (Å²) in [4.78, 5) is 24.2. The monoisotopic (exact) mass is 310 g/mol. The molecule has 2 N–H and O–H groups in total. The van der Waals surface area contributed by atoms with Gasteiger partial charge < -0.3 is 10.6 Å². The Kier molecular flexibility index (Phi) is 5.16. The molecule has 2 aromatic rings. The summed E-state index contributed by atoms with van der Waals surface area (Å²) in [5.74, 6) is -1.29. The number of carbonyl (C=O) groups is 2. The van der Waals surface area contributed by atoms with Crippen molar-refractivity contribution in [1.82, 2.24) is 5.32 Å². The van der Waals surface area contributed by atoms with Crippen molar-refractivity contribution in [3.8, 4) is 0 Å². The van der Waals surface area contributed by atoms with Crippen LogP contribution in [0.15, 0.2) is 42.5 Å². The van der Waals surface area contributed by atoms with Crippen LogP contribution in [0.25, 0.3) is 0 Å². The lowest BCUT2D eigenvalue weighted by Crippen LogP contribution is -2.37. The molecule has 0 heterocycles. The third-order valence-corrected chi connectivity index (χ3v) is 3.77. The Morgan fingerprint density at radius 1 is 0.913 bits per heavy atom. The van der Waals surface area contributed by atoms with E-state index in [4.69, 9.17) is 0 Å². The van der Waals surface area contributed by atoms with E-state index in [2.05, 4.69) is 10.6 Å². The molecule has 0 saturated carbocycles. The van der Waals surface area contributed by atoms with Gasteiger partial charge in [0.15, 0.2) is 0 Å². The van der Waals surface area contributed by atoms with Crippen molar-refractivity contribution in [1.29, 1.82) is 0 Å². The first-order chi connectivity index (χ1) is 10.9. The van der Waals surface area contributed by atoms with Crippen molar-refractivity contribution in [2.24, 2.45) is 0 Å². The lowest BCUT2D eigenvalue weighted by atomic mass is 10.1. The van der Waals surface area contributed by atoms with Gasteiger partial charge in [-0.2, -0.15) is 0 Å². The van der Waals surface area contributed by atoms with Crippen LogP contribution in [-0.4, -0.2) is 11.8 Å². The summed E-state index contributed by atoms with van der Waals surface area (Å²) in [6.07, 6.45) is 0. The minimum atomic E-state index is -0.650. The van der Waals surface area contributed by atoms with Crippen molar-refractivity contribution < 1.29 is 9.59 Å². The maximum Gasteiger partial charge on any atom is 0.313 e. The lowest BCUT2D eigenvalue weighted by molar-refractivity contribution is -0.136. The minimum Gasteiger partial charge on any atom is -0.341 e. The van der Waals surface area contributed by atoms with E-state index in [-0.39, 0.29) is 6.04 Å². The lowest BCUT2D eigenvalue weighted by Gasteiger charge is -2.16. The number of benzene rings is 2. The van der Waals surface area contributed by atoms with Gasteiger partial charge >= 0.3 is 11.8 Å². The zero-order chi connectivity index (χ0) is 17.0. The highest BCUT2D eigenvalue weighted by Crippen LogP contribution is 2.21. The first kappa shape index (κ1) is 16.7. The highest BCUT2D eigenvalue weighted by molar-refractivity contribution is 6.39. The van der Waals surface area contributed by atoms with Gasteiger partial charge in [0.1, 0.15) is 0 Å². The first-order valence-corrected chi connectivity index (χ1v) is 7.63. The largest absolute Gasteiger partial charge is 0.341 e. The van der Waals surface area contributed by atoms with Crippen molar-refractivity contribution in [3.05, 3.63) is 64.7 Å². The third-order valence-electron chi connectivity index (χ3n) is 3.77. The summed E-state index contributed by atoms with van der Waals surface area (Å²) in [6.45, 7) is 7.68. The van der Waals surface area contributed by atoms with Crippen LogP contribution in [0.5, 0.6) is 0 Å². The Hall–Kier alpha value is -2.62. The molecule has 0 aromatic heterocycles. The van der Waals surface area contributed by atoms with Crippen LogP contribution in [0, 0.1) is 20.8 Å². The van der Waals surface area contributed by atoms with E-state index < -0.39 is 11.8 Å². The SMILES string of the molecule is Cc1cc(C)c(NC(=O)C(=O)N[C@@H](C)c2ccccc2)c(C)c1. The molecule has 4 nitrogen and oxygen atoms in total. The normalized spacial score (nSPS) is 11.7. The molecule has 0 aliphatic rings. The number of nitrogens with one attached hydrogen (secondary N) is 2. The average molecular weight is 310 g/mol. The molecule has 2 aromatic carbocycles. The molecule has 0 radical (unpaired) electrons. The van der Waals surface area contributed by atoms with Crippen molar-refractivity contribution in [2.45, 2.75) is 33.7 Å². The molecule has 0 aliphatic heterocycles. The molecular weight excluding hydrogens is 288 g/mol. The van der Waals surface area contributed by atoms with Crippen LogP contribution < -0.4 is 10.6 Å². The van der Waals surface area contributed by atoms with Crippen molar-refractivity contribution in [3.63, 3.8) is 0 Å². The molecule has 1 atom stereocenters. The summed E-state index contributed by atoms with van der Waals surface area (Å²) < 4.78 is 0. The van der Waals surface area contributed by atoms with Gasteiger partial charge in [0, 0.05) is 5.69 Å². The summed E-state index contributed by atoms with van der Waals surface area (Å²) in [5, 5.41) is 5.43.